The Morgan fingerprint density at radius 1 is 1.33 bits per heavy atom. The van der Waals surface area contributed by atoms with Crippen LogP contribution in [0.1, 0.15) is 40.9 Å². The molecule has 3 aromatic rings. The number of fused-ring (bicyclic) bond motifs is 1. The summed E-state index contributed by atoms with van der Waals surface area (Å²) in [6.45, 7) is 4.78. The van der Waals surface area contributed by atoms with Gasteiger partial charge < -0.3 is 15.6 Å². The van der Waals surface area contributed by atoms with E-state index in [0.29, 0.717) is 22.3 Å². The van der Waals surface area contributed by atoms with Crippen molar-refractivity contribution in [3.8, 4) is 0 Å². The number of hydrogen-bond acceptors (Lipinski definition) is 3. The van der Waals surface area contributed by atoms with Crippen molar-refractivity contribution in [1.29, 1.82) is 0 Å². The predicted molar refractivity (Wildman–Crippen MR) is 110 cm³/mol. The highest BCUT2D eigenvalue weighted by atomic mass is 35.5. The first kappa shape index (κ1) is 17.9. The topological polar surface area (TPSA) is 69.8 Å². The summed E-state index contributed by atoms with van der Waals surface area (Å²) in [5.74, 6) is 1.24. The smallest absolute Gasteiger partial charge is 0.253 e. The van der Waals surface area contributed by atoms with Crippen molar-refractivity contribution in [3.63, 3.8) is 0 Å². The number of halogens is 1. The highest BCUT2D eigenvalue weighted by Gasteiger charge is 2.21. The standard InChI is InChI=1S/C21H23ClN4O/c1-12-13(2)25-19-18(12)17(21(27)24-10-14-5-3-6-14)11-23-20(19)26-16-8-4-7-15(22)9-16/h4,7-9,11,14,25H,3,5-6,10H2,1-2H3,(H,23,26)(H,24,27). The molecule has 1 fully saturated rings. The van der Waals surface area contributed by atoms with Crippen LogP contribution in [0.3, 0.4) is 0 Å². The molecule has 0 radical (unpaired) electrons. The second-order valence-corrected chi connectivity index (χ2v) is 7.72. The molecule has 0 spiro atoms. The average molecular weight is 383 g/mol. The van der Waals surface area contributed by atoms with Gasteiger partial charge in [-0.1, -0.05) is 24.1 Å². The van der Waals surface area contributed by atoms with E-state index in [4.69, 9.17) is 11.6 Å². The quantitative estimate of drug-likeness (QED) is 0.574. The number of carbonyl (C=O) groups is 1. The van der Waals surface area contributed by atoms with Crippen molar-refractivity contribution in [3.05, 3.63) is 52.3 Å². The Balaban J connectivity index is 1.68. The number of aromatic nitrogens is 2. The molecular formula is C21H23ClN4O. The van der Waals surface area contributed by atoms with Crippen molar-refractivity contribution in [2.45, 2.75) is 33.1 Å². The van der Waals surface area contributed by atoms with Gasteiger partial charge in [0.1, 0.15) is 0 Å². The number of aromatic amines is 1. The molecule has 0 saturated heterocycles. The third kappa shape index (κ3) is 3.52. The van der Waals surface area contributed by atoms with Crippen LogP contribution < -0.4 is 10.6 Å². The van der Waals surface area contributed by atoms with E-state index < -0.39 is 0 Å². The van der Waals surface area contributed by atoms with Crippen molar-refractivity contribution < 1.29 is 4.79 Å². The number of anilines is 2. The number of aryl methyl sites for hydroxylation is 2. The van der Waals surface area contributed by atoms with Crippen LogP contribution in [0, 0.1) is 19.8 Å². The first-order valence-electron chi connectivity index (χ1n) is 9.31. The number of nitrogens with one attached hydrogen (secondary N) is 3. The minimum atomic E-state index is -0.0594. The van der Waals surface area contributed by atoms with E-state index in [1.807, 2.05) is 38.1 Å². The van der Waals surface area contributed by atoms with Gasteiger partial charge in [-0.3, -0.25) is 4.79 Å². The van der Waals surface area contributed by atoms with Crippen LogP contribution in [0.5, 0.6) is 0 Å². The van der Waals surface area contributed by atoms with Crippen molar-refractivity contribution in [2.24, 2.45) is 5.92 Å². The summed E-state index contributed by atoms with van der Waals surface area (Å²) >= 11 is 6.08. The van der Waals surface area contributed by atoms with Gasteiger partial charge in [0.15, 0.2) is 5.82 Å². The van der Waals surface area contributed by atoms with Crippen LogP contribution in [-0.4, -0.2) is 22.4 Å². The largest absolute Gasteiger partial charge is 0.355 e. The summed E-state index contributed by atoms with van der Waals surface area (Å²) in [5, 5.41) is 7.95. The number of carbonyl (C=O) groups excluding carboxylic acids is 1. The van der Waals surface area contributed by atoms with Crippen LogP contribution in [0.15, 0.2) is 30.5 Å². The maximum absolute atomic E-state index is 12.8. The summed E-state index contributed by atoms with van der Waals surface area (Å²) in [5.41, 5.74) is 4.39. The Kier molecular flexibility index (Phi) is 4.79. The summed E-state index contributed by atoms with van der Waals surface area (Å²) in [6.07, 6.45) is 5.34. The van der Waals surface area contributed by atoms with Crippen molar-refractivity contribution in [2.75, 3.05) is 11.9 Å². The van der Waals surface area contributed by atoms with Crippen LogP contribution in [0.25, 0.3) is 10.9 Å². The van der Waals surface area contributed by atoms with Crippen LogP contribution in [0.4, 0.5) is 11.5 Å². The molecule has 0 bridgehead atoms. The van der Waals surface area contributed by atoms with Gasteiger partial charge in [0.2, 0.25) is 0 Å². The third-order valence-corrected chi connectivity index (χ3v) is 5.67. The van der Waals surface area contributed by atoms with Crippen LogP contribution >= 0.6 is 11.6 Å². The summed E-state index contributed by atoms with van der Waals surface area (Å²) in [4.78, 5) is 20.7. The summed E-state index contributed by atoms with van der Waals surface area (Å²) in [7, 11) is 0. The Morgan fingerprint density at radius 3 is 2.85 bits per heavy atom. The molecule has 27 heavy (non-hydrogen) atoms. The Labute approximate surface area is 163 Å². The zero-order chi connectivity index (χ0) is 19.0. The molecule has 5 nitrogen and oxygen atoms in total. The number of benzene rings is 1. The predicted octanol–water partition coefficient (Wildman–Crippen LogP) is 5.11. The molecule has 1 aromatic carbocycles. The second kappa shape index (κ2) is 7.24. The molecule has 0 unspecified atom stereocenters. The SMILES string of the molecule is Cc1[nH]c2c(Nc3cccc(Cl)c3)ncc(C(=O)NCC3CCC3)c2c1C. The molecule has 1 saturated carbocycles. The monoisotopic (exact) mass is 382 g/mol. The minimum Gasteiger partial charge on any atom is -0.355 e. The van der Waals surface area contributed by atoms with E-state index in [1.165, 1.54) is 19.3 Å². The molecule has 1 amide bonds. The highest BCUT2D eigenvalue weighted by molar-refractivity contribution is 6.30. The molecule has 2 heterocycles. The van der Waals surface area contributed by atoms with Gasteiger partial charge in [-0.2, -0.15) is 0 Å². The Morgan fingerprint density at radius 2 is 2.15 bits per heavy atom. The molecule has 1 aliphatic carbocycles. The molecule has 4 rings (SSSR count). The molecular weight excluding hydrogens is 360 g/mol. The fourth-order valence-electron chi connectivity index (χ4n) is 3.49. The molecule has 6 heteroatoms. The number of pyridine rings is 1. The van der Waals surface area contributed by atoms with Crippen molar-refractivity contribution in [1.82, 2.24) is 15.3 Å². The number of amides is 1. The van der Waals surface area contributed by atoms with E-state index in [9.17, 15) is 4.79 Å². The molecule has 0 aliphatic heterocycles. The summed E-state index contributed by atoms with van der Waals surface area (Å²) < 4.78 is 0. The highest BCUT2D eigenvalue weighted by Crippen LogP contribution is 2.31. The maximum Gasteiger partial charge on any atom is 0.253 e. The Bertz CT molecular complexity index is 1010. The van der Waals surface area contributed by atoms with Crippen LogP contribution in [-0.2, 0) is 0 Å². The third-order valence-electron chi connectivity index (χ3n) is 5.44. The molecule has 1 aliphatic rings. The zero-order valence-electron chi connectivity index (χ0n) is 15.5. The number of rotatable bonds is 5. The van der Waals surface area contributed by atoms with Gasteiger partial charge in [-0.25, -0.2) is 4.98 Å². The molecule has 140 valence electrons. The first-order chi connectivity index (χ1) is 13.0. The lowest BCUT2D eigenvalue weighted by Gasteiger charge is -2.25. The van der Waals surface area contributed by atoms with E-state index >= 15 is 0 Å². The van der Waals surface area contributed by atoms with Crippen LogP contribution in [0.2, 0.25) is 5.02 Å². The lowest BCUT2D eigenvalue weighted by atomic mass is 9.85. The molecule has 0 atom stereocenters. The number of H-pyrrole nitrogens is 1. The minimum absolute atomic E-state index is 0.0594. The van der Waals surface area contributed by atoms with Crippen molar-refractivity contribution >= 4 is 39.9 Å². The van der Waals surface area contributed by atoms with Gasteiger partial charge in [-0.05, 0) is 56.4 Å². The van der Waals surface area contributed by atoms with E-state index in [1.54, 1.807) is 6.20 Å². The maximum atomic E-state index is 12.8. The van der Waals surface area contributed by atoms with E-state index in [-0.39, 0.29) is 5.91 Å². The van der Waals surface area contributed by atoms with Gasteiger partial charge in [0.25, 0.3) is 5.91 Å². The van der Waals surface area contributed by atoms with E-state index in [0.717, 1.165) is 34.4 Å². The lowest BCUT2D eigenvalue weighted by Crippen LogP contribution is -2.32. The number of hydrogen-bond donors (Lipinski definition) is 3. The number of nitrogens with zero attached hydrogens (tertiary/aromatic N) is 1. The Hall–Kier alpha value is -2.53. The lowest BCUT2D eigenvalue weighted by molar-refractivity contribution is 0.0940. The van der Waals surface area contributed by atoms with Gasteiger partial charge in [0, 0.05) is 34.5 Å². The average Bonchev–Trinajstić information content (AvgIpc) is 2.90. The fourth-order valence-corrected chi connectivity index (χ4v) is 3.68. The second-order valence-electron chi connectivity index (χ2n) is 7.29. The summed E-state index contributed by atoms with van der Waals surface area (Å²) in [6, 6.07) is 7.49. The van der Waals surface area contributed by atoms with Gasteiger partial charge >= 0.3 is 0 Å². The molecule has 3 N–H and O–H groups in total. The normalized spacial score (nSPS) is 14.2. The zero-order valence-corrected chi connectivity index (χ0v) is 16.3. The van der Waals surface area contributed by atoms with E-state index in [2.05, 4.69) is 20.6 Å². The molecule has 2 aromatic heterocycles. The van der Waals surface area contributed by atoms with Gasteiger partial charge in [0.05, 0.1) is 11.1 Å². The van der Waals surface area contributed by atoms with Gasteiger partial charge in [-0.15, -0.1) is 0 Å². The first-order valence-corrected chi connectivity index (χ1v) is 9.69. The fraction of sp³-hybridized carbons (Fsp3) is 0.333.